The molecular weight excluding hydrogens is 300 g/mol. The first-order chi connectivity index (χ1) is 6.90. The molecular formula is C8H11BrN2O2S2. The molecule has 4 nitrogen and oxygen atoms in total. The van der Waals surface area contributed by atoms with Gasteiger partial charge in [0, 0.05) is 12.1 Å². The Balaban J connectivity index is 2.21. The third-order valence-electron chi connectivity index (χ3n) is 2.25. The Hall–Kier alpha value is 0.0500. The number of rotatable bonds is 3. The van der Waals surface area contributed by atoms with Crippen LogP contribution in [0, 0.1) is 6.92 Å². The van der Waals surface area contributed by atoms with E-state index in [1.165, 1.54) is 11.3 Å². The SMILES string of the molecule is Cc1cc(S(=O)(=O)NC2CC2N)sc1Br. The van der Waals surface area contributed by atoms with Crippen LogP contribution in [0.1, 0.15) is 12.0 Å². The van der Waals surface area contributed by atoms with Gasteiger partial charge in [-0.3, -0.25) is 0 Å². The van der Waals surface area contributed by atoms with Crippen molar-refractivity contribution in [2.24, 2.45) is 5.73 Å². The van der Waals surface area contributed by atoms with Gasteiger partial charge in [0.1, 0.15) is 4.21 Å². The van der Waals surface area contributed by atoms with E-state index in [4.69, 9.17) is 5.73 Å². The lowest BCUT2D eigenvalue weighted by molar-refractivity contribution is 0.582. The van der Waals surface area contributed by atoms with Crippen molar-refractivity contribution in [2.45, 2.75) is 29.6 Å². The van der Waals surface area contributed by atoms with E-state index in [0.717, 1.165) is 15.8 Å². The Morgan fingerprint density at radius 2 is 2.27 bits per heavy atom. The van der Waals surface area contributed by atoms with E-state index in [2.05, 4.69) is 20.7 Å². The number of thiophene rings is 1. The summed E-state index contributed by atoms with van der Waals surface area (Å²) in [7, 11) is -3.37. The molecule has 0 amide bonds. The summed E-state index contributed by atoms with van der Waals surface area (Å²) in [4.78, 5) is 0. The van der Waals surface area contributed by atoms with Gasteiger partial charge >= 0.3 is 0 Å². The minimum atomic E-state index is -3.37. The van der Waals surface area contributed by atoms with E-state index >= 15 is 0 Å². The van der Waals surface area contributed by atoms with E-state index in [1.807, 2.05) is 6.92 Å². The number of halogens is 1. The zero-order valence-electron chi connectivity index (χ0n) is 8.03. The fourth-order valence-electron chi connectivity index (χ4n) is 1.17. The summed E-state index contributed by atoms with van der Waals surface area (Å²) < 4.78 is 27.4. The van der Waals surface area contributed by atoms with Crippen molar-refractivity contribution >= 4 is 37.3 Å². The van der Waals surface area contributed by atoms with Crippen LogP contribution in [0.4, 0.5) is 0 Å². The van der Waals surface area contributed by atoms with Crippen LogP contribution in [0.2, 0.25) is 0 Å². The van der Waals surface area contributed by atoms with Gasteiger partial charge < -0.3 is 5.73 Å². The van der Waals surface area contributed by atoms with Crippen LogP contribution in [0.15, 0.2) is 14.1 Å². The molecule has 0 spiro atoms. The van der Waals surface area contributed by atoms with Crippen molar-refractivity contribution in [3.8, 4) is 0 Å². The molecule has 0 aromatic carbocycles. The molecule has 0 aliphatic heterocycles. The first-order valence-electron chi connectivity index (χ1n) is 4.44. The van der Waals surface area contributed by atoms with Gasteiger partial charge in [0.15, 0.2) is 0 Å². The van der Waals surface area contributed by atoms with Crippen LogP contribution in [0.25, 0.3) is 0 Å². The summed E-state index contributed by atoms with van der Waals surface area (Å²) in [5, 5.41) is 0. The van der Waals surface area contributed by atoms with Gasteiger partial charge in [-0.15, -0.1) is 11.3 Å². The molecule has 0 saturated heterocycles. The average molecular weight is 311 g/mol. The Labute approximate surface area is 101 Å². The van der Waals surface area contributed by atoms with Gasteiger partial charge in [-0.1, -0.05) is 0 Å². The highest BCUT2D eigenvalue weighted by molar-refractivity contribution is 9.11. The number of aryl methyl sites for hydroxylation is 1. The first kappa shape index (κ1) is 11.5. The zero-order valence-corrected chi connectivity index (χ0v) is 11.2. The maximum absolute atomic E-state index is 11.8. The monoisotopic (exact) mass is 310 g/mol. The molecule has 84 valence electrons. The summed E-state index contributed by atoms with van der Waals surface area (Å²) in [6.07, 6.45) is 0.727. The van der Waals surface area contributed by atoms with Gasteiger partial charge in [0.05, 0.1) is 3.79 Å². The van der Waals surface area contributed by atoms with Gasteiger partial charge in [-0.2, -0.15) is 0 Å². The fraction of sp³-hybridized carbons (Fsp3) is 0.500. The predicted molar refractivity (Wildman–Crippen MR) is 63.5 cm³/mol. The van der Waals surface area contributed by atoms with Crippen LogP contribution < -0.4 is 10.5 Å². The molecule has 2 unspecified atom stereocenters. The van der Waals surface area contributed by atoms with Crippen LogP contribution in [0.5, 0.6) is 0 Å². The normalized spacial score (nSPS) is 25.5. The Morgan fingerprint density at radius 1 is 1.67 bits per heavy atom. The maximum Gasteiger partial charge on any atom is 0.250 e. The Morgan fingerprint density at radius 3 is 2.67 bits per heavy atom. The second-order valence-corrected chi connectivity index (χ2v) is 7.96. The van der Waals surface area contributed by atoms with E-state index in [1.54, 1.807) is 6.07 Å². The van der Waals surface area contributed by atoms with Crippen LogP contribution >= 0.6 is 27.3 Å². The quantitative estimate of drug-likeness (QED) is 0.881. The highest BCUT2D eigenvalue weighted by atomic mass is 79.9. The minimum absolute atomic E-state index is 0.0238. The topological polar surface area (TPSA) is 72.2 Å². The number of hydrogen-bond donors (Lipinski definition) is 2. The van der Waals surface area contributed by atoms with Crippen LogP contribution in [-0.2, 0) is 10.0 Å². The summed E-state index contributed by atoms with van der Waals surface area (Å²) in [5.41, 5.74) is 6.49. The van der Waals surface area contributed by atoms with Crippen molar-refractivity contribution in [1.29, 1.82) is 0 Å². The molecule has 1 heterocycles. The van der Waals surface area contributed by atoms with Crippen molar-refractivity contribution in [2.75, 3.05) is 0 Å². The van der Waals surface area contributed by atoms with Crippen LogP contribution in [0.3, 0.4) is 0 Å². The molecule has 1 aliphatic carbocycles. The zero-order chi connectivity index (χ0) is 11.2. The molecule has 0 radical (unpaired) electrons. The number of nitrogens with two attached hydrogens (primary N) is 1. The minimum Gasteiger partial charge on any atom is -0.326 e. The lowest BCUT2D eigenvalue weighted by Gasteiger charge is -2.01. The van der Waals surface area contributed by atoms with E-state index in [0.29, 0.717) is 4.21 Å². The molecule has 7 heteroatoms. The van der Waals surface area contributed by atoms with E-state index in [9.17, 15) is 8.42 Å². The predicted octanol–water partition coefficient (Wildman–Crippen LogP) is 1.20. The summed E-state index contributed by atoms with van der Waals surface area (Å²) in [5.74, 6) is 0. The summed E-state index contributed by atoms with van der Waals surface area (Å²) >= 11 is 4.52. The maximum atomic E-state index is 11.8. The number of nitrogens with one attached hydrogen (secondary N) is 1. The lowest BCUT2D eigenvalue weighted by Crippen LogP contribution is -2.29. The van der Waals surface area contributed by atoms with Gasteiger partial charge in [-0.25, -0.2) is 13.1 Å². The van der Waals surface area contributed by atoms with Crippen LogP contribution in [-0.4, -0.2) is 20.5 Å². The van der Waals surface area contributed by atoms with Crippen molar-refractivity contribution in [3.05, 3.63) is 15.4 Å². The van der Waals surface area contributed by atoms with Crippen molar-refractivity contribution < 1.29 is 8.42 Å². The molecule has 0 bridgehead atoms. The second kappa shape index (κ2) is 3.81. The van der Waals surface area contributed by atoms with E-state index < -0.39 is 10.0 Å². The Bertz CT molecular complexity index is 463. The Kier molecular flexibility index (Phi) is 2.93. The summed E-state index contributed by atoms with van der Waals surface area (Å²) in [6.45, 7) is 1.86. The standard InChI is InChI=1S/C8H11BrN2O2S2/c1-4-2-7(14-8(4)9)15(12,13)11-6-3-5(6)10/h2,5-6,11H,3,10H2,1H3. The molecule has 3 N–H and O–H groups in total. The number of hydrogen-bond acceptors (Lipinski definition) is 4. The molecule has 1 fully saturated rings. The molecule has 1 aromatic heterocycles. The first-order valence-corrected chi connectivity index (χ1v) is 7.53. The van der Waals surface area contributed by atoms with Crippen molar-refractivity contribution in [3.63, 3.8) is 0 Å². The number of sulfonamides is 1. The molecule has 15 heavy (non-hydrogen) atoms. The highest BCUT2D eigenvalue weighted by Crippen LogP contribution is 2.31. The molecule has 1 aromatic rings. The van der Waals surface area contributed by atoms with Gasteiger partial charge in [0.25, 0.3) is 0 Å². The third kappa shape index (κ3) is 2.42. The smallest absolute Gasteiger partial charge is 0.250 e. The van der Waals surface area contributed by atoms with Crippen molar-refractivity contribution in [1.82, 2.24) is 4.72 Å². The van der Waals surface area contributed by atoms with Gasteiger partial charge in [0.2, 0.25) is 10.0 Å². The van der Waals surface area contributed by atoms with Gasteiger partial charge in [-0.05, 0) is 40.9 Å². The highest BCUT2D eigenvalue weighted by Gasteiger charge is 2.37. The average Bonchev–Trinajstić information content (AvgIpc) is 2.66. The fourth-order valence-corrected chi connectivity index (χ4v) is 4.71. The lowest BCUT2D eigenvalue weighted by atomic mass is 10.4. The third-order valence-corrected chi connectivity index (χ3v) is 6.35. The molecule has 2 atom stereocenters. The molecule has 1 aliphatic rings. The molecule has 1 saturated carbocycles. The largest absolute Gasteiger partial charge is 0.326 e. The second-order valence-electron chi connectivity index (χ2n) is 3.65. The van der Waals surface area contributed by atoms with E-state index in [-0.39, 0.29) is 12.1 Å². The molecule has 2 rings (SSSR count). The summed E-state index contributed by atoms with van der Waals surface area (Å²) in [6, 6.07) is 1.55.